The Kier molecular flexibility index (Phi) is 3.92. The zero-order chi connectivity index (χ0) is 14.8. The molecule has 0 saturated carbocycles. The summed E-state index contributed by atoms with van der Waals surface area (Å²) in [5.41, 5.74) is -0.270. The van der Waals surface area contributed by atoms with Gasteiger partial charge in [-0.05, 0) is 30.2 Å². The number of carbonyl (C=O) groups is 2. The molecule has 2 amide bonds. The third-order valence-corrected chi connectivity index (χ3v) is 3.00. The summed E-state index contributed by atoms with van der Waals surface area (Å²) in [5.74, 6) is -0.653. The molecule has 2 rings (SSSR count). The summed E-state index contributed by atoms with van der Waals surface area (Å²) in [5, 5.41) is 0. The third kappa shape index (κ3) is 3.26. The Bertz CT molecular complexity index is 547. The van der Waals surface area contributed by atoms with E-state index >= 15 is 0 Å². The minimum Gasteiger partial charge on any atom is -0.279 e. The summed E-state index contributed by atoms with van der Waals surface area (Å²) in [7, 11) is 0. The van der Waals surface area contributed by atoms with Crippen LogP contribution in [0.5, 0.6) is 0 Å². The number of rotatable bonds is 2. The molecule has 0 N–H and O–H groups in total. The van der Waals surface area contributed by atoms with Gasteiger partial charge in [0.15, 0.2) is 0 Å². The molecule has 1 aromatic carbocycles. The number of alkyl halides is 3. The first kappa shape index (κ1) is 14.3. The van der Waals surface area contributed by atoms with Crippen molar-refractivity contribution in [3.05, 3.63) is 41.5 Å². The van der Waals surface area contributed by atoms with Crippen molar-refractivity contribution in [1.29, 1.82) is 0 Å². The molecular formula is C14H12F3NO2. The van der Waals surface area contributed by atoms with Crippen LogP contribution in [0.4, 0.5) is 13.2 Å². The van der Waals surface area contributed by atoms with Gasteiger partial charge < -0.3 is 0 Å². The molecule has 0 unspecified atom stereocenters. The minimum atomic E-state index is -4.37. The van der Waals surface area contributed by atoms with Gasteiger partial charge in [-0.3, -0.25) is 14.5 Å². The number of carbonyl (C=O) groups excluding carboxylic acids is 2. The van der Waals surface area contributed by atoms with Crippen LogP contribution in [-0.2, 0) is 15.8 Å². The molecule has 1 aliphatic rings. The van der Waals surface area contributed by atoms with Gasteiger partial charge in [0.1, 0.15) is 0 Å². The second kappa shape index (κ2) is 5.48. The van der Waals surface area contributed by atoms with Crippen molar-refractivity contribution in [3.63, 3.8) is 0 Å². The van der Waals surface area contributed by atoms with Crippen LogP contribution in [0, 0.1) is 0 Å². The van der Waals surface area contributed by atoms with E-state index < -0.39 is 17.6 Å². The van der Waals surface area contributed by atoms with Gasteiger partial charge in [0.25, 0.3) is 5.91 Å². The van der Waals surface area contributed by atoms with E-state index in [-0.39, 0.29) is 5.91 Å². The molecule has 0 bridgehead atoms. The largest absolute Gasteiger partial charge is 0.416 e. The number of hydrogen-bond acceptors (Lipinski definition) is 2. The fraction of sp³-hybridized carbons (Fsp3) is 0.286. The maximum atomic E-state index is 12.4. The molecule has 0 radical (unpaired) electrons. The molecule has 3 nitrogen and oxygen atoms in total. The summed E-state index contributed by atoms with van der Waals surface area (Å²) in [6, 6.07) is 4.45. The van der Waals surface area contributed by atoms with Crippen molar-refractivity contribution in [1.82, 2.24) is 4.90 Å². The molecule has 1 fully saturated rings. The van der Waals surface area contributed by atoms with E-state index in [1.54, 1.807) is 0 Å². The lowest BCUT2D eigenvalue weighted by atomic mass is 10.1. The zero-order valence-corrected chi connectivity index (χ0v) is 10.5. The van der Waals surface area contributed by atoms with Gasteiger partial charge in [-0.25, -0.2) is 0 Å². The fourth-order valence-corrected chi connectivity index (χ4v) is 1.92. The molecule has 6 heteroatoms. The third-order valence-electron chi connectivity index (χ3n) is 3.00. The van der Waals surface area contributed by atoms with Crippen LogP contribution in [0.15, 0.2) is 30.3 Å². The second-order valence-corrected chi connectivity index (χ2v) is 4.44. The van der Waals surface area contributed by atoms with Crippen molar-refractivity contribution in [3.8, 4) is 0 Å². The van der Waals surface area contributed by atoms with Gasteiger partial charge in [0, 0.05) is 19.0 Å². The smallest absolute Gasteiger partial charge is 0.279 e. The molecule has 1 aromatic rings. The number of likely N-dealkylation sites (tertiary alicyclic amines) is 1. The lowest BCUT2D eigenvalue weighted by molar-refractivity contribution is -0.139. The second-order valence-electron chi connectivity index (χ2n) is 4.44. The number of nitrogens with zero attached hydrogens (tertiary/aromatic N) is 1. The average Bonchev–Trinajstić information content (AvgIpc) is 2.82. The Labute approximate surface area is 113 Å². The van der Waals surface area contributed by atoms with Gasteiger partial charge in [-0.1, -0.05) is 12.1 Å². The molecule has 1 aliphatic heterocycles. The van der Waals surface area contributed by atoms with E-state index in [1.807, 2.05) is 0 Å². The summed E-state index contributed by atoms with van der Waals surface area (Å²) in [4.78, 5) is 24.2. The first-order chi connectivity index (χ1) is 9.38. The number of amides is 2. The summed E-state index contributed by atoms with van der Waals surface area (Å²) in [6.07, 6.45) is -0.765. The topological polar surface area (TPSA) is 37.4 Å². The highest BCUT2D eigenvalue weighted by molar-refractivity contribution is 6.03. The van der Waals surface area contributed by atoms with Crippen LogP contribution in [0.25, 0.3) is 6.08 Å². The molecule has 20 heavy (non-hydrogen) atoms. The maximum Gasteiger partial charge on any atom is 0.416 e. The van der Waals surface area contributed by atoms with Gasteiger partial charge in [0.2, 0.25) is 5.91 Å². The van der Waals surface area contributed by atoms with E-state index in [4.69, 9.17) is 0 Å². The van der Waals surface area contributed by atoms with Crippen LogP contribution in [0.1, 0.15) is 24.0 Å². The quantitative estimate of drug-likeness (QED) is 0.783. The Hall–Kier alpha value is -2.11. The predicted octanol–water partition coefficient (Wildman–Crippen LogP) is 2.87. The number of halogens is 3. The molecule has 1 heterocycles. The van der Waals surface area contributed by atoms with Crippen molar-refractivity contribution in [2.24, 2.45) is 0 Å². The molecule has 106 valence electrons. The van der Waals surface area contributed by atoms with E-state index in [2.05, 4.69) is 0 Å². The lowest BCUT2D eigenvalue weighted by Gasteiger charge is -2.10. The highest BCUT2D eigenvalue weighted by Gasteiger charge is 2.29. The number of hydrogen-bond donors (Lipinski definition) is 0. The normalized spacial score (nSPS) is 16.1. The summed E-state index contributed by atoms with van der Waals surface area (Å²) >= 11 is 0. The van der Waals surface area contributed by atoms with Crippen LogP contribution in [0.3, 0.4) is 0 Å². The van der Waals surface area contributed by atoms with E-state index in [9.17, 15) is 22.8 Å². The minimum absolute atomic E-state index is 0.216. The van der Waals surface area contributed by atoms with Crippen LogP contribution < -0.4 is 0 Å². The van der Waals surface area contributed by atoms with Gasteiger partial charge in [-0.2, -0.15) is 13.2 Å². The van der Waals surface area contributed by atoms with Crippen molar-refractivity contribution >= 4 is 17.9 Å². The van der Waals surface area contributed by atoms with E-state index in [0.29, 0.717) is 24.9 Å². The fourth-order valence-electron chi connectivity index (χ4n) is 1.92. The van der Waals surface area contributed by atoms with Crippen LogP contribution in [-0.4, -0.2) is 23.3 Å². The molecule has 0 spiro atoms. The monoisotopic (exact) mass is 283 g/mol. The zero-order valence-electron chi connectivity index (χ0n) is 10.5. The first-order valence-corrected chi connectivity index (χ1v) is 6.07. The van der Waals surface area contributed by atoms with Crippen LogP contribution >= 0.6 is 0 Å². The van der Waals surface area contributed by atoms with Gasteiger partial charge in [-0.15, -0.1) is 0 Å². The first-order valence-electron chi connectivity index (χ1n) is 6.07. The van der Waals surface area contributed by atoms with Gasteiger partial charge in [0.05, 0.1) is 5.56 Å². The summed E-state index contributed by atoms with van der Waals surface area (Å²) < 4.78 is 37.1. The average molecular weight is 283 g/mol. The molecule has 0 atom stereocenters. The van der Waals surface area contributed by atoms with E-state index in [1.165, 1.54) is 24.3 Å². The maximum absolute atomic E-state index is 12.4. The Morgan fingerprint density at radius 3 is 2.35 bits per heavy atom. The Morgan fingerprint density at radius 1 is 1.20 bits per heavy atom. The standard InChI is InChI=1S/C14H12F3NO2/c15-14(16,17)11-6-3-10(4-7-11)5-8-13(20)18-9-1-2-12(18)19/h3-8H,1-2,9H2/b8-5+. The SMILES string of the molecule is O=C(/C=C/c1ccc(C(F)(F)F)cc1)N1CCCC1=O. The highest BCUT2D eigenvalue weighted by Crippen LogP contribution is 2.29. The number of benzene rings is 1. The van der Waals surface area contributed by atoms with Crippen molar-refractivity contribution in [2.45, 2.75) is 19.0 Å². The van der Waals surface area contributed by atoms with Crippen LogP contribution in [0.2, 0.25) is 0 Å². The summed E-state index contributed by atoms with van der Waals surface area (Å²) in [6.45, 7) is 0.398. The Balaban J connectivity index is 2.04. The van der Waals surface area contributed by atoms with Crippen molar-refractivity contribution < 1.29 is 22.8 Å². The highest BCUT2D eigenvalue weighted by atomic mass is 19.4. The van der Waals surface area contributed by atoms with Gasteiger partial charge >= 0.3 is 6.18 Å². The Morgan fingerprint density at radius 2 is 1.85 bits per heavy atom. The molecular weight excluding hydrogens is 271 g/mol. The molecule has 1 saturated heterocycles. The molecule has 0 aliphatic carbocycles. The molecule has 0 aromatic heterocycles. The van der Waals surface area contributed by atoms with E-state index in [0.717, 1.165) is 17.0 Å². The van der Waals surface area contributed by atoms with Crippen molar-refractivity contribution in [2.75, 3.05) is 6.54 Å². The predicted molar refractivity (Wildman–Crippen MR) is 66.4 cm³/mol. The number of imide groups is 1. The lowest BCUT2D eigenvalue weighted by Crippen LogP contribution is -2.30.